The number of nitrogens with one attached hydrogen (secondary N) is 2. The van der Waals surface area contributed by atoms with Crippen LogP contribution >= 0.6 is 33.9 Å². The van der Waals surface area contributed by atoms with Gasteiger partial charge in [-0.3, -0.25) is 4.79 Å². The fourth-order valence-corrected chi connectivity index (χ4v) is 6.29. The van der Waals surface area contributed by atoms with Gasteiger partial charge in [-0.05, 0) is 87.8 Å². The van der Waals surface area contributed by atoms with E-state index in [2.05, 4.69) is 67.7 Å². The number of thiazole rings is 1. The summed E-state index contributed by atoms with van der Waals surface area (Å²) in [5.41, 5.74) is 7.74. The number of nitrogens with zero attached hydrogens (tertiary/aromatic N) is 2. The minimum absolute atomic E-state index is 0.308. The lowest BCUT2D eigenvalue weighted by Crippen LogP contribution is -2.17. The van der Waals surface area contributed by atoms with E-state index in [1.807, 2.05) is 85.1 Å². The van der Waals surface area contributed by atoms with Crippen molar-refractivity contribution in [3.8, 4) is 22.8 Å². The zero-order valence-electron chi connectivity index (χ0n) is 24.4. The molecule has 0 spiro atoms. The minimum Gasteiger partial charge on any atom is -0.490 e. The maximum absolute atomic E-state index is 12.8. The number of benzene rings is 5. The molecular formula is C36H29IN4O3S. The first kappa shape index (κ1) is 30.3. The number of amides is 1. The number of hydrogen-bond donors (Lipinski definition) is 2. The second kappa shape index (κ2) is 14.4. The number of ether oxygens (including phenoxy) is 2. The van der Waals surface area contributed by atoms with E-state index in [0.29, 0.717) is 30.3 Å². The van der Waals surface area contributed by atoms with Crippen molar-refractivity contribution in [3.05, 3.63) is 135 Å². The number of carbonyl (C=O) groups is 1. The summed E-state index contributed by atoms with van der Waals surface area (Å²) in [5, 5.41) is 12.6. The van der Waals surface area contributed by atoms with Gasteiger partial charge in [0.05, 0.1) is 22.1 Å². The summed E-state index contributed by atoms with van der Waals surface area (Å²) in [7, 11) is 0. The SMILES string of the molecule is CCOc1cc(/C=N\NC(=O)c2ccc(-c3csc(Nc4ccccc4)n3)cc2)cc(I)c1OCc1cccc2ccccc12. The van der Waals surface area contributed by atoms with Gasteiger partial charge in [0.1, 0.15) is 6.61 Å². The van der Waals surface area contributed by atoms with Crippen molar-refractivity contribution in [2.75, 3.05) is 11.9 Å². The molecule has 1 amide bonds. The molecule has 224 valence electrons. The first-order valence-electron chi connectivity index (χ1n) is 14.3. The van der Waals surface area contributed by atoms with E-state index in [1.165, 1.54) is 16.7 Å². The van der Waals surface area contributed by atoms with Crippen LogP contribution in [-0.2, 0) is 6.61 Å². The fraction of sp³-hybridized carbons (Fsp3) is 0.0833. The zero-order valence-corrected chi connectivity index (χ0v) is 27.3. The minimum atomic E-state index is -0.308. The van der Waals surface area contributed by atoms with Gasteiger partial charge in [-0.1, -0.05) is 72.8 Å². The van der Waals surface area contributed by atoms with Gasteiger partial charge in [-0.15, -0.1) is 11.3 Å². The highest BCUT2D eigenvalue weighted by molar-refractivity contribution is 14.1. The van der Waals surface area contributed by atoms with Gasteiger partial charge in [-0.2, -0.15) is 5.10 Å². The normalized spacial score (nSPS) is 11.1. The number of rotatable bonds is 11. The van der Waals surface area contributed by atoms with Crippen LogP contribution in [0.3, 0.4) is 0 Å². The standard InChI is InChI=1S/C36H29IN4O3S/c1-2-43-33-20-24(19-31(37)34(33)44-22-28-11-8-10-25-9-6-7-14-30(25)28)21-38-41-35(42)27-17-15-26(16-18-27)32-23-45-36(40-32)39-29-12-4-3-5-13-29/h3-21,23H,2,22H2,1H3,(H,39,40)(H,41,42)/b38-21-. The molecular weight excluding hydrogens is 695 g/mol. The first-order valence-corrected chi connectivity index (χ1v) is 16.3. The maximum Gasteiger partial charge on any atom is 0.271 e. The number of carbonyl (C=O) groups excluding carboxylic acids is 1. The van der Waals surface area contributed by atoms with Crippen molar-refractivity contribution >= 4 is 67.6 Å². The monoisotopic (exact) mass is 724 g/mol. The third-order valence-electron chi connectivity index (χ3n) is 6.94. The molecule has 0 fully saturated rings. The molecule has 1 heterocycles. The molecule has 0 aliphatic rings. The number of fused-ring (bicyclic) bond motifs is 1. The van der Waals surface area contributed by atoms with Crippen LogP contribution in [0.4, 0.5) is 10.8 Å². The van der Waals surface area contributed by atoms with Crippen LogP contribution < -0.4 is 20.2 Å². The highest BCUT2D eigenvalue weighted by Gasteiger charge is 2.14. The molecule has 0 aliphatic carbocycles. The molecule has 0 atom stereocenters. The summed E-state index contributed by atoms with van der Waals surface area (Å²) < 4.78 is 13.1. The lowest BCUT2D eigenvalue weighted by Gasteiger charge is -2.15. The van der Waals surface area contributed by atoms with Crippen molar-refractivity contribution in [2.45, 2.75) is 13.5 Å². The summed E-state index contributed by atoms with van der Waals surface area (Å²) >= 11 is 3.77. The average molecular weight is 725 g/mol. The molecule has 2 N–H and O–H groups in total. The predicted molar refractivity (Wildman–Crippen MR) is 191 cm³/mol. The smallest absolute Gasteiger partial charge is 0.271 e. The summed E-state index contributed by atoms with van der Waals surface area (Å²) in [6, 6.07) is 35.5. The average Bonchev–Trinajstić information content (AvgIpc) is 3.53. The summed E-state index contributed by atoms with van der Waals surface area (Å²) in [4.78, 5) is 17.5. The molecule has 45 heavy (non-hydrogen) atoms. The van der Waals surface area contributed by atoms with Crippen LogP contribution in [0.25, 0.3) is 22.0 Å². The molecule has 6 rings (SSSR count). The number of para-hydroxylation sites is 1. The first-order chi connectivity index (χ1) is 22.1. The van der Waals surface area contributed by atoms with E-state index in [9.17, 15) is 4.79 Å². The van der Waals surface area contributed by atoms with Gasteiger partial charge in [-0.25, -0.2) is 10.4 Å². The Bertz CT molecular complexity index is 1950. The van der Waals surface area contributed by atoms with Gasteiger partial charge in [0.2, 0.25) is 0 Å². The largest absolute Gasteiger partial charge is 0.490 e. The maximum atomic E-state index is 12.8. The van der Waals surface area contributed by atoms with E-state index in [4.69, 9.17) is 9.47 Å². The summed E-state index contributed by atoms with van der Waals surface area (Å²) in [6.07, 6.45) is 1.60. The second-order valence-corrected chi connectivity index (χ2v) is 12.0. The van der Waals surface area contributed by atoms with Crippen molar-refractivity contribution in [2.24, 2.45) is 5.10 Å². The van der Waals surface area contributed by atoms with Crippen LogP contribution in [0.5, 0.6) is 11.5 Å². The Balaban J connectivity index is 1.09. The van der Waals surface area contributed by atoms with Gasteiger partial charge in [0.15, 0.2) is 16.6 Å². The van der Waals surface area contributed by atoms with Crippen molar-refractivity contribution in [1.82, 2.24) is 10.4 Å². The molecule has 0 aliphatic heterocycles. The number of anilines is 2. The highest BCUT2D eigenvalue weighted by Crippen LogP contribution is 2.35. The molecule has 0 saturated heterocycles. The van der Waals surface area contributed by atoms with E-state index >= 15 is 0 Å². The lowest BCUT2D eigenvalue weighted by atomic mass is 10.1. The number of hydrazone groups is 1. The number of aromatic nitrogens is 1. The van der Waals surface area contributed by atoms with Crippen molar-refractivity contribution < 1.29 is 14.3 Å². The van der Waals surface area contributed by atoms with Crippen molar-refractivity contribution in [1.29, 1.82) is 0 Å². The molecule has 0 bridgehead atoms. The Morgan fingerprint density at radius 2 is 1.71 bits per heavy atom. The van der Waals surface area contributed by atoms with Gasteiger partial charge >= 0.3 is 0 Å². The second-order valence-electron chi connectivity index (χ2n) is 10.00. The molecule has 9 heteroatoms. The summed E-state index contributed by atoms with van der Waals surface area (Å²) in [6.45, 7) is 2.83. The molecule has 0 saturated carbocycles. The van der Waals surface area contributed by atoms with Crippen LogP contribution in [-0.4, -0.2) is 23.7 Å². The molecule has 0 radical (unpaired) electrons. The predicted octanol–water partition coefficient (Wildman–Crippen LogP) is 9.05. The quantitative estimate of drug-likeness (QED) is 0.0792. The fourth-order valence-electron chi connectivity index (χ4n) is 4.76. The van der Waals surface area contributed by atoms with E-state index in [-0.39, 0.29) is 5.91 Å². The Kier molecular flexibility index (Phi) is 9.67. The van der Waals surface area contributed by atoms with Crippen LogP contribution in [0.2, 0.25) is 0 Å². The Morgan fingerprint density at radius 1 is 0.933 bits per heavy atom. The van der Waals surface area contributed by atoms with Gasteiger partial charge in [0.25, 0.3) is 5.91 Å². The van der Waals surface area contributed by atoms with Crippen LogP contribution in [0, 0.1) is 3.57 Å². The Hall–Kier alpha value is -4.74. The third kappa shape index (κ3) is 7.50. The number of hydrogen-bond acceptors (Lipinski definition) is 7. The number of halogens is 1. The Labute approximate surface area is 279 Å². The molecule has 5 aromatic carbocycles. The van der Waals surface area contributed by atoms with Gasteiger partial charge in [0, 0.05) is 22.2 Å². The molecule has 0 unspecified atom stereocenters. The van der Waals surface area contributed by atoms with Crippen LogP contribution in [0.1, 0.15) is 28.4 Å². The van der Waals surface area contributed by atoms with E-state index in [0.717, 1.165) is 42.2 Å². The lowest BCUT2D eigenvalue weighted by molar-refractivity contribution is 0.0955. The van der Waals surface area contributed by atoms with Gasteiger partial charge < -0.3 is 14.8 Å². The Morgan fingerprint density at radius 3 is 2.53 bits per heavy atom. The molecule has 7 nitrogen and oxygen atoms in total. The topological polar surface area (TPSA) is 84.8 Å². The van der Waals surface area contributed by atoms with E-state index < -0.39 is 0 Å². The van der Waals surface area contributed by atoms with E-state index in [1.54, 1.807) is 18.3 Å². The molecule has 6 aromatic rings. The highest BCUT2D eigenvalue weighted by atomic mass is 127. The summed E-state index contributed by atoms with van der Waals surface area (Å²) in [5.74, 6) is 0.990. The van der Waals surface area contributed by atoms with Crippen LogP contribution in [0.15, 0.2) is 120 Å². The third-order valence-corrected chi connectivity index (χ3v) is 8.49. The molecule has 1 aromatic heterocycles. The van der Waals surface area contributed by atoms with Crippen molar-refractivity contribution in [3.63, 3.8) is 0 Å². The zero-order chi connectivity index (χ0) is 31.0.